The molecule has 0 unspecified atom stereocenters. The minimum Gasteiger partial charge on any atom is -0.394 e. The fourth-order valence-electron chi connectivity index (χ4n) is 3.16. The lowest BCUT2D eigenvalue weighted by atomic mass is 9.76. The van der Waals surface area contributed by atoms with Gasteiger partial charge in [-0.05, 0) is 44.2 Å². The summed E-state index contributed by atoms with van der Waals surface area (Å²) in [6.07, 6.45) is 7.88. The first kappa shape index (κ1) is 16.0. The Morgan fingerprint density at radius 3 is 2.67 bits per heavy atom. The molecule has 1 aliphatic rings. The van der Waals surface area contributed by atoms with E-state index in [9.17, 15) is 9.90 Å². The lowest BCUT2D eigenvalue weighted by Crippen LogP contribution is -2.55. The van der Waals surface area contributed by atoms with Crippen LogP contribution in [0.1, 0.15) is 50.3 Å². The number of hydrogen-bond donors (Lipinski definition) is 2. The van der Waals surface area contributed by atoms with Crippen molar-refractivity contribution in [2.75, 3.05) is 6.61 Å². The molecule has 1 aromatic heterocycles. The van der Waals surface area contributed by atoms with E-state index < -0.39 is 5.54 Å². The second kappa shape index (κ2) is 7.03. The Bertz CT molecular complexity index is 466. The average Bonchev–Trinajstić information content (AvgIpc) is 2.50. The molecule has 1 atom stereocenters. The number of aromatic nitrogens is 1. The van der Waals surface area contributed by atoms with Crippen LogP contribution in [0.3, 0.4) is 0 Å². The number of rotatable bonds is 5. The first-order chi connectivity index (χ1) is 10.0. The van der Waals surface area contributed by atoms with Crippen LogP contribution in [0.4, 0.5) is 0 Å². The second-order valence-electron chi connectivity index (χ2n) is 6.44. The molecule has 1 aliphatic carbocycles. The summed E-state index contributed by atoms with van der Waals surface area (Å²) in [5.41, 5.74) is 1.35. The van der Waals surface area contributed by atoms with Gasteiger partial charge in [-0.25, -0.2) is 0 Å². The molecule has 116 valence electrons. The molecule has 0 bridgehead atoms. The van der Waals surface area contributed by atoms with Crippen LogP contribution in [0.25, 0.3) is 0 Å². The van der Waals surface area contributed by atoms with E-state index in [1.807, 2.05) is 26.0 Å². The second-order valence-corrected chi connectivity index (χ2v) is 6.44. The quantitative estimate of drug-likeness (QED) is 0.875. The third kappa shape index (κ3) is 4.27. The maximum atomic E-state index is 12.3. The normalized spacial score (nSPS) is 19.0. The van der Waals surface area contributed by atoms with E-state index >= 15 is 0 Å². The Hall–Kier alpha value is -1.42. The van der Waals surface area contributed by atoms with Crippen molar-refractivity contribution in [2.45, 2.75) is 57.9 Å². The third-order valence-electron chi connectivity index (χ3n) is 4.60. The molecule has 1 fully saturated rings. The number of carbonyl (C=O) groups is 1. The van der Waals surface area contributed by atoms with Crippen molar-refractivity contribution < 1.29 is 9.90 Å². The minimum atomic E-state index is -0.504. The fourth-order valence-corrected chi connectivity index (χ4v) is 3.16. The zero-order valence-corrected chi connectivity index (χ0v) is 13.1. The highest BCUT2D eigenvalue weighted by molar-refractivity contribution is 5.79. The van der Waals surface area contributed by atoms with Crippen LogP contribution in [-0.4, -0.2) is 28.1 Å². The van der Waals surface area contributed by atoms with Gasteiger partial charge in [0.2, 0.25) is 5.91 Å². The maximum absolute atomic E-state index is 12.3. The summed E-state index contributed by atoms with van der Waals surface area (Å²) in [7, 11) is 0. The number of aryl methyl sites for hydroxylation is 1. The highest BCUT2D eigenvalue weighted by Crippen LogP contribution is 2.32. The van der Waals surface area contributed by atoms with Gasteiger partial charge in [-0.15, -0.1) is 0 Å². The van der Waals surface area contributed by atoms with Gasteiger partial charge in [0.05, 0.1) is 18.6 Å². The van der Waals surface area contributed by atoms with Gasteiger partial charge in [0, 0.05) is 11.9 Å². The monoisotopic (exact) mass is 290 g/mol. The molecule has 21 heavy (non-hydrogen) atoms. The molecule has 0 saturated heterocycles. The fraction of sp³-hybridized carbons (Fsp3) is 0.647. The van der Waals surface area contributed by atoms with Crippen molar-refractivity contribution in [1.82, 2.24) is 10.3 Å². The summed E-state index contributed by atoms with van der Waals surface area (Å²) < 4.78 is 0. The molecule has 4 heteroatoms. The van der Waals surface area contributed by atoms with Crippen LogP contribution in [0.15, 0.2) is 18.3 Å². The molecule has 1 saturated carbocycles. The van der Waals surface area contributed by atoms with Gasteiger partial charge < -0.3 is 10.4 Å². The topological polar surface area (TPSA) is 62.2 Å². The molecular formula is C17H26N2O2. The van der Waals surface area contributed by atoms with Gasteiger partial charge in [-0.1, -0.05) is 25.3 Å². The molecule has 0 spiro atoms. The first-order valence-corrected chi connectivity index (χ1v) is 7.87. The SMILES string of the molecule is Cc1ccc(CC(=O)N[C@@](C)(CO)C2CCCCC2)cn1. The molecule has 1 aromatic rings. The average molecular weight is 290 g/mol. The van der Waals surface area contributed by atoms with Crippen LogP contribution in [0.2, 0.25) is 0 Å². The Morgan fingerprint density at radius 1 is 1.38 bits per heavy atom. The first-order valence-electron chi connectivity index (χ1n) is 7.87. The number of pyridine rings is 1. The van der Waals surface area contributed by atoms with E-state index in [-0.39, 0.29) is 12.5 Å². The van der Waals surface area contributed by atoms with Gasteiger partial charge in [0.15, 0.2) is 0 Å². The molecular weight excluding hydrogens is 264 g/mol. The van der Waals surface area contributed by atoms with E-state index in [1.165, 1.54) is 19.3 Å². The molecule has 1 heterocycles. The summed E-state index contributed by atoms with van der Waals surface area (Å²) in [6, 6.07) is 3.84. The van der Waals surface area contributed by atoms with E-state index in [4.69, 9.17) is 0 Å². The predicted molar refractivity (Wildman–Crippen MR) is 82.9 cm³/mol. The van der Waals surface area contributed by atoms with Crippen LogP contribution in [-0.2, 0) is 11.2 Å². The zero-order valence-electron chi connectivity index (χ0n) is 13.1. The summed E-state index contributed by atoms with van der Waals surface area (Å²) in [5, 5.41) is 12.8. The number of aliphatic hydroxyl groups is 1. The van der Waals surface area contributed by atoms with Crippen molar-refractivity contribution in [2.24, 2.45) is 5.92 Å². The minimum absolute atomic E-state index is 0.00441. The largest absolute Gasteiger partial charge is 0.394 e. The predicted octanol–water partition coefficient (Wildman–Crippen LogP) is 2.38. The van der Waals surface area contributed by atoms with E-state index in [0.717, 1.165) is 24.1 Å². The molecule has 0 radical (unpaired) electrons. The summed E-state index contributed by atoms with van der Waals surface area (Å²) in [4.78, 5) is 16.5. The van der Waals surface area contributed by atoms with Crippen LogP contribution < -0.4 is 5.32 Å². The molecule has 2 rings (SSSR count). The molecule has 1 amide bonds. The van der Waals surface area contributed by atoms with Crippen molar-refractivity contribution in [3.63, 3.8) is 0 Å². The van der Waals surface area contributed by atoms with Gasteiger partial charge in [-0.2, -0.15) is 0 Å². The van der Waals surface area contributed by atoms with E-state index in [0.29, 0.717) is 12.3 Å². The maximum Gasteiger partial charge on any atom is 0.224 e. The smallest absolute Gasteiger partial charge is 0.224 e. The number of carbonyl (C=O) groups excluding carboxylic acids is 1. The van der Waals surface area contributed by atoms with Gasteiger partial charge in [-0.3, -0.25) is 9.78 Å². The summed E-state index contributed by atoms with van der Waals surface area (Å²) in [6.45, 7) is 3.89. The summed E-state index contributed by atoms with van der Waals surface area (Å²) >= 11 is 0. The van der Waals surface area contributed by atoms with Gasteiger partial charge >= 0.3 is 0 Å². The van der Waals surface area contributed by atoms with Crippen LogP contribution in [0, 0.1) is 12.8 Å². The third-order valence-corrected chi connectivity index (χ3v) is 4.60. The lowest BCUT2D eigenvalue weighted by molar-refractivity contribution is -0.123. The van der Waals surface area contributed by atoms with Crippen molar-refractivity contribution in [3.05, 3.63) is 29.6 Å². The molecule has 0 aliphatic heterocycles. The molecule has 0 aromatic carbocycles. The van der Waals surface area contributed by atoms with Crippen molar-refractivity contribution in [3.8, 4) is 0 Å². The summed E-state index contributed by atoms with van der Waals surface area (Å²) in [5.74, 6) is 0.333. The Balaban J connectivity index is 1.96. The number of nitrogens with one attached hydrogen (secondary N) is 1. The van der Waals surface area contributed by atoms with E-state index in [1.54, 1.807) is 6.20 Å². The van der Waals surface area contributed by atoms with Crippen molar-refractivity contribution >= 4 is 5.91 Å². The Kier molecular flexibility index (Phi) is 5.34. The van der Waals surface area contributed by atoms with Crippen molar-refractivity contribution in [1.29, 1.82) is 0 Å². The van der Waals surface area contributed by atoms with Gasteiger partial charge in [0.25, 0.3) is 0 Å². The Labute approximate surface area is 127 Å². The molecule has 4 nitrogen and oxygen atoms in total. The number of aliphatic hydroxyl groups excluding tert-OH is 1. The zero-order chi connectivity index (χ0) is 15.3. The number of nitrogens with zero attached hydrogens (tertiary/aromatic N) is 1. The highest BCUT2D eigenvalue weighted by atomic mass is 16.3. The lowest BCUT2D eigenvalue weighted by Gasteiger charge is -2.39. The van der Waals surface area contributed by atoms with Gasteiger partial charge in [0.1, 0.15) is 0 Å². The Morgan fingerprint density at radius 2 is 2.10 bits per heavy atom. The highest BCUT2D eigenvalue weighted by Gasteiger charge is 2.35. The number of hydrogen-bond acceptors (Lipinski definition) is 3. The van der Waals surface area contributed by atoms with E-state index in [2.05, 4.69) is 10.3 Å². The number of amides is 1. The van der Waals surface area contributed by atoms with Crippen LogP contribution >= 0.6 is 0 Å². The molecule has 2 N–H and O–H groups in total. The standard InChI is InChI=1S/C17H26N2O2/c1-13-8-9-14(11-18-13)10-16(21)19-17(2,12-20)15-6-4-3-5-7-15/h8-9,11,15,20H,3-7,10,12H2,1-2H3,(H,19,21)/t17-/m0/s1. The van der Waals surface area contributed by atoms with Crippen LogP contribution in [0.5, 0.6) is 0 Å².